The van der Waals surface area contributed by atoms with Gasteiger partial charge in [-0.1, -0.05) is 41.5 Å². The molecule has 2 fully saturated rings. The fourth-order valence-corrected chi connectivity index (χ4v) is 6.64. The summed E-state index contributed by atoms with van der Waals surface area (Å²) in [6.07, 6.45) is 5.97. The van der Waals surface area contributed by atoms with E-state index < -0.39 is 71.8 Å². The van der Waals surface area contributed by atoms with Gasteiger partial charge in [0.15, 0.2) is 0 Å². The van der Waals surface area contributed by atoms with Crippen LogP contribution in [-0.2, 0) is 35.2 Å². The number of nitrogens with one attached hydrogen (secondary N) is 4. The summed E-state index contributed by atoms with van der Waals surface area (Å²) in [5.41, 5.74) is 6.71. The van der Waals surface area contributed by atoms with Crippen molar-refractivity contribution >= 4 is 35.5 Å². The van der Waals surface area contributed by atoms with Crippen LogP contribution in [-0.4, -0.2) is 110 Å². The Morgan fingerprint density at radius 2 is 1.31 bits per heavy atom. The molecule has 3 rings (SSSR count). The third-order valence-electron chi connectivity index (χ3n) is 8.98. The fourth-order valence-electron chi connectivity index (χ4n) is 6.64. The topological polar surface area (TPSA) is 220 Å². The number of aromatic nitrogens is 2. The van der Waals surface area contributed by atoms with Gasteiger partial charge in [-0.25, -0.2) is 9.78 Å². The van der Waals surface area contributed by atoms with E-state index in [4.69, 9.17) is 5.73 Å². The molecular formula is C34H56N8O7. The quantitative estimate of drug-likeness (QED) is 0.137. The molecule has 2 aliphatic rings. The number of nitrogens with zero attached hydrogens (tertiary/aromatic N) is 3. The third-order valence-corrected chi connectivity index (χ3v) is 8.98. The second-order valence-corrected chi connectivity index (χ2v) is 14.7. The minimum atomic E-state index is -1.07. The third kappa shape index (κ3) is 11.3. The zero-order valence-electron chi connectivity index (χ0n) is 29.7. The number of carboxylic acid groups (broad SMARTS) is 1. The van der Waals surface area contributed by atoms with Crippen LogP contribution in [0.3, 0.4) is 0 Å². The molecule has 0 unspecified atom stereocenters. The number of aliphatic carboxylic acids is 1. The van der Waals surface area contributed by atoms with Gasteiger partial charge in [-0.15, -0.1) is 0 Å². The average molecular weight is 689 g/mol. The van der Waals surface area contributed by atoms with E-state index >= 15 is 0 Å². The second kappa shape index (κ2) is 18.1. The maximum atomic E-state index is 14.1. The average Bonchev–Trinajstić information content (AvgIpc) is 3.80. The molecule has 2 saturated heterocycles. The van der Waals surface area contributed by atoms with E-state index in [1.54, 1.807) is 6.20 Å². The Labute approximate surface area is 288 Å². The number of rotatable bonds is 17. The van der Waals surface area contributed by atoms with E-state index in [1.807, 2.05) is 41.5 Å². The van der Waals surface area contributed by atoms with E-state index in [-0.39, 0.29) is 37.1 Å². The number of aromatic amines is 1. The highest BCUT2D eigenvalue weighted by Crippen LogP contribution is 2.23. The molecular weight excluding hydrogens is 632 g/mol. The molecule has 2 aliphatic heterocycles. The van der Waals surface area contributed by atoms with Crippen LogP contribution in [0.25, 0.3) is 0 Å². The number of hydrogen-bond acceptors (Lipinski definition) is 8. The van der Waals surface area contributed by atoms with Gasteiger partial charge in [-0.3, -0.25) is 24.0 Å². The molecule has 0 aliphatic carbocycles. The molecule has 3 heterocycles. The van der Waals surface area contributed by atoms with Crippen molar-refractivity contribution < 1.29 is 33.9 Å². The van der Waals surface area contributed by atoms with Gasteiger partial charge in [0.1, 0.15) is 30.2 Å². The van der Waals surface area contributed by atoms with E-state index in [0.717, 1.165) is 0 Å². The summed E-state index contributed by atoms with van der Waals surface area (Å²) in [6.45, 7) is 12.1. The van der Waals surface area contributed by atoms with Gasteiger partial charge in [-0.05, 0) is 62.7 Å². The Hall–Kier alpha value is -4.01. The van der Waals surface area contributed by atoms with Crippen molar-refractivity contribution in [1.82, 2.24) is 35.7 Å². The fraction of sp³-hybridized carbons (Fsp3) is 0.735. The number of nitrogens with two attached hydrogens (primary N) is 1. The Kier molecular flexibility index (Phi) is 14.6. The molecule has 1 aromatic rings. The van der Waals surface area contributed by atoms with Crippen LogP contribution in [0.1, 0.15) is 92.2 Å². The highest BCUT2D eigenvalue weighted by Gasteiger charge is 2.42. The van der Waals surface area contributed by atoms with Crippen molar-refractivity contribution in [3.63, 3.8) is 0 Å². The van der Waals surface area contributed by atoms with Gasteiger partial charge in [0.05, 0.1) is 12.4 Å². The molecule has 6 atom stereocenters. The summed E-state index contributed by atoms with van der Waals surface area (Å²) >= 11 is 0. The van der Waals surface area contributed by atoms with E-state index in [9.17, 15) is 33.9 Å². The molecule has 15 nitrogen and oxygen atoms in total. The highest BCUT2D eigenvalue weighted by molar-refractivity contribution is 5.96. The molecule has 0 aromatic carbocycles. The maximum absolute atomic E-state index is 14.1. The predicted molar refractivity (Wildman–Crippen MR) is 182 cm³/mol. The Bertz CT molecular complexity index is 1300. The van der Waals surface area contributed by atoms with E-state index in [0.29, 0.717) is 50.8 Å². The van der Waals surface area contributed by atoms with Crippen molar-refractivity contribution in [1.29, 1.82) is 0 Å². The highest BCUT2D eigenvalue weighted by atomic mass is 16.4. The van der Waals surface area contributed by atoms with Gasteiger partial charge < -0.3 is 41.6 Å². The Morgan fingerprint density at radius 3 is 1.82 bits per heavy atom. The lowest BCUT2D eigenvalue weighted by Crippen LogP contribution is -2.59. The molecule has 274 valence electrons. The molecule has 7 N–H and O–H groups in total. The standard InChI is InChI=1S/C34H56N8O7/c1-19(2)13-23(35)29(43)38-24(16-22-17-36-18-37-22)30(44)39-25(14-20(3)4)32(46)41-11-7-9-27(41)31(45)40-26(15-21(5)6)33(47)42-12-8-10-28(42)34(48)49/h17-21,23-28H,7-16,35H2,1-6H3,(H,36,37)(H,38,43)(H,39,44)(H,40,45)(H,48,49)/t23-,24-,25-,26-,27-,28-/m0/s1. The largest absolute Gasteiger partial charge is 0.480 e. The number of carbonyl (C=O) groups excluding carboxylic acids is 5. The lowest BCUT2D eigenvalue weighted by atomic mass is 10.00. The zero-order valence-corrected chi connectivity index (χ0v) is 29.7. The molecule has 49 heavy (non-hydrogen) atoms. The lowest BCUT2D eigenvalue weighted by Gasteiger charge is -2.32. The zero-order chi connectivity index (χ0) is 36.4. The maximum Gasteiger partial charge on any atom is 0.326 e. The second-order valence-electron chi connectivity index (χ2n) is 14.7. The van der Waals surface area contributed by atoms with Crippen LogP contribution in [0.2, 0.25) is 0 Å². The molecule has 0 radical (unpaired) electrons. The summed E-state index contributed by atoms with van der Waals surface area (Å²) in [5.74, 6) is -3.29. The van der Waals surface area contributed by atoms with Gasteiger partial charge in [0, 0.05) is 31.4 Å². The van der Waals surface area contributed by atoms with Gasteiger partial charge in [0.25, 0.3) is 0 Å². The van der Waals surface area contributed by atoms with Crippen LogP contribution in [0.5, 0.6) is 0 Å². The van der Waals surface area contributed by atoms with Crippen molar-refractivity contribution in [2.45, 2.75) is 129 Å². The minimum Gasteiger partial charge on any atom is -0.480 e. The molecule has 0 spiro atoms. The van der Waals surface area contributed by atoms with Crippen molar-refractivity contribution in [2.24, 2.45) is 23.5 Å². The SMILES string of the molecule is CC(C)C[C@H](NC(=O)[C@@H]1CCCN1C(=O)[C@H](CC(C)C)NC(=O)[C@H](Cc1cnc[nH]1)NC(=O)[C@@H](N)CC(C)C)C(=O)N1CCC[C@H]1C(=O)O. The summed E-state index contributed by atoms with van der Waals surface area (Å²) < 4.78 is 0. The molecule has 15 heteroatoms. The van der Waals surface area contributed by atoms with Gasteiger partial charge >= 0.3 is 5.97 Å². The van der Waals surface area contributed by atoms with Crippen LogP contribution < -0.4 is 21.7 Å². The summed E-state index contributed by atoms with van der Waals surface area (Å²) in [7, 11) is 0. The first kappa shape index (κ1) is 39.4. The number of amides is 5. The van der Waals surface area contributed by atoms with Crippen molar-refractivity contribution in [2.75, 3.05) is 13.1 Å². The number of carboxylic acids is 1. The monoisotopic (exact) mass is 688 g/mol. The van der Waals surface area contributed by atoms with Gasteiger partial charge in [0.2, 0.25) is 29.5 Å². The first-order chi connectivity index (χ1) is 23.1. The van der Waals surface area contributed by atoms with Crippen molar-refractivity contribution in [3.8, 4) is 0 Å². The number of carbonyl (C=O) groups is 6. The van der Waals surface area contributed by atoms with E-state index in [1.165, 1.54) is 16.1 Å². The first-order valence-electron chi connectivity index (χ1n) is 17.6. The lowest BCUT2D eigenvalue weighted by molar-refractivity contribution is -0.150. The molecule has 5 amide bonds. The molecule has 0 saturated carbocycles. The number of imidazole rings is 1. The predicted octanol–water partition coefficient (Wildman–Crippen LogP) is 0.939. The van der Waals surface area contributed by atoms with Gasteiger partial charge in [-0.2, -0.15) is 0 Å². The van der Waals surface area contributed by atoms with Crippen LogP contribution >= 0.6 is 0 Å². The smallest absolute Gasteiger partial charge is 0.326 e. The molecule has 0 bridgehead atoms. The van der Waals surface area contributed by atoms with Crippen molar-refractivity contribution in [3.05, 3.63) is 18.2 Å². The Balaban J connectivity index is 1.78. The number of likely N-dealkylation sites (tertiary alicyclic amines) is 2. The first-order valence-corrected chi connectivity index (χ1v) is 17.6. The molecule has 1 aromatic heterocycles. The van der Waals surface area contributed by atoms with Crippen LogP contribution in [0, 0.1) is 17.8 Å². The van der Waals surface area contributed by atoms with Crippen LogP contribution in [0.15, 0.2) is 12.5 Å². The van der Waals surface area contributed by atoms with Crippen LogP contribution in [0.4, 0.5) is 0 Å². The summed E-state index contributed by atoms with van der Waals surface area (Å²) in [5, 5.41) is 18.1. The summed E-state index contributed by atoms with van der Waals surface area (Å²) in [4.78, 5) is 89.6. The number of hydrogen-bond donors (Lipinski definition) is 6. The number of H-pyrrole nitrogens is 1. The van der Waals surface area contributed by atoms with E-state index in [2.05, 4.69) is 25.9 Å². The summed E-state index contributed by atoms with van der Waals surface area (Å²) in [6, 6.07) is -5.59. The minimum absolute atomic E-state index is 0.0000668. The normalized spacial score (nSPS) is 20.3. The Morgan fingerprint density at radius 1 is 0.796 bits per heavy atom.